The molecule has 0 atom stereocenters. The number of aliphatic carboxylic acids is 1. The number of pyridine rings is 1. The van der Waals surface area contributed by atoms with Crippen LogP contribution in [-0.2, 0) is 9.59 Å². The van der Waals surface area contributed by atoms with Gasteiger partial charge in [0.25, 0.3) is 0 Å². The van der Waals surface area contributed by atoms with Crippen molar-refractivity contribution in [1.29, 1.82) is 0 Å². The molecule has 1 amide bonds. The zero-order chi connectivity index (χ0) is 14.9. The van der Waals surface area contributed by atoms with E-state index in [-0.39, 0.29) is 0 Å². The number of hydrogen-bond acceptors (Lipinski definition) is 3. The average molecular weight is 293 g/mol. The van der Waals surface area contributed by atoms with Gasteiger partial charge in [0.15, 0.2) is 0 Å². The third kappa shape index (κ3) is 2.44. The fourth-order valence-corrected chi connectivity index (χ4v) is 1.83. The number of nitrogens with one attached hydrogen (secondary N) is 1. The second-order valence-corrected chi connectivity index (χ2v) is 5.29. The number of amides is 1. The highest BCUT2D eigenvalue weighted by atomic mass is 35.5. The number of carbonyl (C=O) groups excluding carboxylic acids is 1. The van der Waals surface area contributed by atoms with E-state index in [0.29, 0.717) is 21.6 Å². The Balaban J connectivity index is 2.43. The Labute approximate surface area is 120 Å². The molecule has 0 saturated carbocycles. The molecule has 1 heterocycles. The monoisotopic (exact) mass is 292 g/mol. The Morgan fingerprint density at radius 1 is 1.30 bits per heavy atom. The van der Waals surface area contributed by atoms with Crippen molar-refractivity contribution in [1.82, 2.24) is 4.98 Å². The highest BCUT2D eigenvalue weighted by Crippen LogP contribution is 2.29. The first-order chi connectivity index (χ1) is 9.34. The summed E-state index contributed by atoms with van der Waals surface area (Å²) in [5, 5.41) is 12.9. The van der Waals surface area contributed by atoms with Gasteiger partial charge in [-0.3, -0.25) is 14.6 Å². The van der Waals surface area contributed by atoms with Crippen LogP contribution in [0.5, 0.6) is 0 Å². The molecular weight excluding hydrogens is 280 g/mol. The molecule has 0 aliphatic carbocycles. The van der Waals surface area contributed by atoms with Crippen molar-refractivity contribution < 1.29 is 14.7 Å². The average Bonchev–Trinajstić information content (AvgIpc) is 2.42. The second-order valence-electron chi connectivity index (χ2n) is 4.88. The Kier molecular flexibility index (Phi) is 3.63. The maximum atomic E-state index is 12.1. The third-order valence-electron chi connectivity index (χ3n) is 3.07. The minimum Gasteiger partial charge on any atom is -0.480 e. The van der Waals surface area contributed by atoms with Crippen LogP contribution >= 0.6 is 11.6 Å². The molecule has 0 unspecified atom stereocenters. The van der Waals surface area contributed by atoms with Crippen LogP contribution in [-0.4, -0.2) is 22.0 Å². The lowest BCUT2D eigenvalue weighted by Crippen LogP contribution is -2.37. The fourth-order valence-electron chi connectivity index (χ4n) is 1.61. The smallest absolute Gasteiger partial charge is 0.318 e. The van der Waals surface area contributed by atoms with E-state index in [0.717, 1.165) is 0 Å². The van der Waals surface area contributed by atoms with E-state index < -0.39 is 17.3 Å². The second kappa shape index (κ2) is 5.09. The number of aromatic nitrogens is 1. The Hall–Kier alpha value is -2.14. The maximum absolute atomic E-state index is 12.1. The highest BCUT2D eigenvalue weighted by Gasteiger charge is 2.36. The van der Waals surface area contributed by atoms with E-state index in [1.54, 1.807) is 30.5 Å². The molecule has 0 saturated heterocycles. The molecule has 0 aliphatic heterocycles. The predicted molar refractivity (Wildman–Crippen MR) is 76.8 cm³/mol. The van der Waals surface area contributed by atoms with Gasteiger partial charge in [0.1, 0.15) is 5.41 Å². The number of benzene rings is 1. The molecule has 0 bridgehead atoms. The van der Waals surface area contributed by atoms with E-state index in [9.17, 15) is 9.59 Å². The van der Waals surface area contributed by atoms with E-state index in [1.165, 1.54) is 13.8 Å². The van der Waals surface area contributed by atoms with Crippen molar-refractivity contribution >= 4 is 40.1 Å². The van der Waals surface area contributed by atoms with Gasteiger partial charge in [0, 0.05) is 11.6 Å². The summed E-state index contributed by atoms with van der Waals surface area (Å²) in [5.41, 5.74) is -0.570. The molecule has 2 N–H and O–H groups in total. The van der Waals surface area contributed by atoms with E-state index in [4.69, 9.17) is 16.7 Å². The molecule has 0 aliphatic rings. The van der Waals surface area contributed by atoms with Crippen LogP contribution in [0.1, 0.15) is 13.8 Å². The molecule has 6 heteroatoms. The number of carboxylic acid groups (broad SMARTS) is 1. The number of rotatable bonds is 3. The molecule has 2 rings (SSSR count). The lowest BCUT2D eigenvalue weighted by molar-refractivity contribution is -0.151. The van der Waals surface area contributed by atoms with E-state index in [1.807, 2.05) is 0 Å². The van der Waals surface area contributed by atoms with Crippen LogP contribution in [0.2, 0.25) is 5.02 Å². The standard InChI is InChI=1S/C14H13ClN2O3/c1-14(2,13(19)20)12(18)17-10-6-5-9(15)8-4-3-7-16-11(8)10/h3-7H,1-2H3,(H,17,18)(H,19,20). The summed E-state index contributed by atoms with van der Waals surface area (Å²) < 4.78 is 0. The number of halogens is 1. The fraction of sp³-hybridized carbons (Fsp3) is 0.214. The van der Waals surface area contributed by atoms with E-state index >= 15 is 0 Å². The Morgan fingerprint density at radius 3 is 2.65 bits per heavy atom. The number of carboxylic acids is 1. The van der Waals surface area contributed by atoms with Gasteiger partial charge in [-0.15, -0.1) is 0 Å². The zero-order valence-corrected chi connectivity index (χ0v) is 11.7. The largest absolute Gasteiger partial charge is 0.480 e. The minimum absolute atomic E-state index is 0.435. The molecule has 1 aromatic carbocycles. The van der Waals surface area contributed by atoms with Gasteiger partial charge in [0.2, 0.25) is 5.91 Å². The lowest BCUT2D eigenvalue weighted by atomic mass is 9.92. The maximum Gasteiger partial charge on any atom is 0.318 e. The number of hydrogen-bond donors (Lipinski definition) is 2. The SMILES string of the molecule is CC(C)(C(=O)O)C(=O)Nc1ccc(Cl)c2cccnc12. The van der Waals surface area contributed by atoms with Crippen molar-refractivity contribution in [3.63, 3.8) is 0 Å². The van der Waals surface area contributed by atoms with Crippen molar-refractivity contribution in [3.8, 4) is 0 Å². The summed E-state index contributed by atoms with van der Waals surface area (Å²) in [6.07, 6.45) is 1.58. The van der Waals surface area contributed by atoms with Crippen molar-refractivity contribution in [2.75, 3.05) is 5.32 Å². The van der Waals surface area contributed by atoms with Gasteiger partial charge in [-0.25, -0.2) is 0 Å². The van der Waals surface area contributed by atoms with Gasteiger partial charge < -0.3 is 10.4 Å². The first kappa shape index (κ1) is 14.3. The summed E-state index contributed by atoms with van der Waals surface area (Å²) >= 11 is 6.06. The Morgan fingerprint density at radius 2 is 2.00 bits per heavy atom. The minimum atomic E-state index is -1.53. The van der Waals surface area contributed by atoms with Gasteiger partial charge in [0.05, 0.1) is 16.2 Å². The third-order valence-corrected chi connectivity index (χ3v) is 3.40. The molecule has 0 fully saturated rings. The molecule has 2 aromatic rings. The van der Waals surface area contributed by atoms with Gasteiger partial charge in [-0.1, -0.05) is 11.6 Å². The summed E-state index contributed by atoms with van der Waals surface area (Å²) in [5.74, 6) is -1.81. The number of fused-ring (bicyclic) bond motifs is 1. The van der Waals surface area contributed by atoms with Crippen LogP contribution in [0, 0.1) is 5.41 Å². The number of carbonyl (C=O) groups is 2. The number of nitrogens with zero attached hydrogens (tertiary/aromatic N) is 1. The molecule has 20 heavy (non-hydrogen) atoms. The Bertz CT molecular complexity index is 698. The topological polar surface area (TPSA) is 79.3 Å². The van der Waals surface area contributed by atoms with Gasteiger partial charge >= 0.3 is 5.97 Å². The molecular formula is C14H13ClN2O3. The summed E-state index contributed by atoms with van der Waals surface area (Å²) in [6, 6.07) is 6.76. The summed E-state index contributed by atoms with van der Waals surface area (Å²) in [4.78, 5) is 27.3. The lowest BCUT2D eigenvalue weighted by Gasteiger charge is -2.19. The predicted octanol–water partition coefficient (Wildman–Crippen LogP) is 2.94. The highest BCUT2D eigenvalue weighted by molar-refractivity contribution is 6.36. The summed E-state index contributed by atoms with van der Waals surface area (Å²) in [7, 11) is 0. The van der Waals surface area contributed by atoms with Crippen LogP contribution in [0.25, 0.3) is 10.9 Å². The molecule has 0 spiro atoms. The number of anilines is 1. The first-order valence-electron chi connectivity index (χ1n) is 5.92. The van der Waals surface area contributed by atoms with Crippen LogP contribution in [0.4, 0.5) is 5.69 Å². The molecule has 1 aromatic heterocycles. The van der Waals surface area contributed by atoms with Crippen LogP contribution in [0.3, 0.4) is 0 Å². The van der Waals surface area contributed by atoms with Crippen LogP contribution < -0.4 is 5.32 Å². The van der Waals surface area contributed by atoms with E-state index in [2.05, 4.69) is 10.3 Å². The normalized spacial score (nSPS) is 11.3. The summed E-state index contributed by atoms with van der Waals surface area (Å²) in [6.45, 7) is 2.69. The van der Waals surface area contributed by atoms with Gasteiger partial charge in [-0.2, -0.15) is 0 Å². The van der Waals surface area contributed by atoms with Crippen LogP contribution in [0.15, 0.2) is 30.5 Å². The first-order valence-corrected chi connectivity index (χ1v) is 6.30. The zero-order valence-electron chi connectivity index (χ0n) is 11.0. The quantitative estimate of drug-likeness (QED) is 0.853. The molecule has 5 nitrogen and oxygen atoms in total. The van der Waals surface area contributed by atoms with Gasteiger partial charge in [-0.05, 0) is 38.1 Å². The van der Waals surface area contributed by atoms with Crippen molar-refractivity contribution in [2.45, 2.75) is 13.8 Å². The molecule has 104 valence electrons. The van der Waals surface area contributed by atoms with Crippen molar-refractivity contribution in [2.24, 2.45) is 5.41 Å². The molecule has 0 radical (unpaired) electrons. The van der Waals surface area contributed by atoms with Crippen molar-refractivity contribution in [3.05, 3.63) is 35.5 Å².